The highest BCUT2D eigenvalue weighted by molar-refractivity contribution is 8.00. The number of unbranched alkanes of at least 4 members (excludes halogenated alkanes) is 2. The van der Waals surface area contributed by atoms with E-state index < -0.39 is 5.79 Å². The molecule has 7 rings (SSSR count). The summed E-state index contributed by atoms with van der Waals surface area (Å²) >= 11 is 3.47. The number of aliphatic hydroxyl groups is 2. The van der Waals surface area contributed by atoms with Gasteiger partial charge in [-0.25, -0.2) is 0 Å². The topological polar surface area (TPSA) is 89.7 Å². The van der Waals surface area contributed by atoms with E-state index in [9.17, 15) is 10.2 Å². The number of hydrogen-bond acceptors (Lipinski definition) is 9. The van der Waals surface area contributed by atoms with Crippen LogP contribution in [-0.4, -0.2) is 60.1 Å². The van der Waals surface area contributed by atoms with Gasteiger partial charge in [0.05, 0.1) is 23.5 Å². The van der Waals surface area contributed by atoms with Gasteiger partial charge in [0, 0.05) is 40.9 Å². The van der Waals surface area contributed by atoms with Crippen molar-refractivity contribution in [3.63, 3.8) is 0 Å². The molecule has 1 saturated carbocycles. The first-order chi connectivity index (χ1) is 26.5. The van der Waals surface area contributed by atoms with E-state index in [4.69, 9.17) is 24.2 Å². The lowest BCUT2D eigenvalue weighted by atomic mass is 9.56. The molecule has 0 radical (unpaired) electrons. The Morgan fingerprint density at radius 2 is 1.63 bits per heavy atom. The fraction of sp³-hybridized carbons (Fsp3) is 0.400. The molecule has 0 spiro atoms. The number of thioether (sulfide) groups is 2. The normalized spacial score (nSPS) is 25.0. The molecular weight excluding hydrogens is 715 g/mol. The standard InChI is InChI=1S/C45H51NO6S2/c1-4-25-50-45-42(54-36-19-15-30-11-5-6-12-31(30)26-36)29-40(46-49-2)38-27-32(13-7-9-23-47)37(14-8-10-24-48)43(44(38)45)39-28-34(18-22-41(39)52-45)51-33-16-20-35(53-3)21-17-33/h4-6,11-12,15-22,26-28,32,37,42-44,47-48H,1,7-10,13-14,23-25,29H2,2-3H3. The van der Waals surface area contributed by atoms with Crippen molar-refractivity contribution in [3.05, 3.63) is 115 Å². The van der Waals surface area contributed by atoms with E-state index in [1.54, 1.807) is 36.7 Å². The fourth-order valence-corrected chi connectivity index (χ4v) is 10.5. The second-order valence-electron chi connectivity index (χ2n) is 14.3. The summed E-state index contributed by atoms with van der Waals surface area (Å²) in [5, 5.41) is 26.6. The Balaban J connectivity index is 1.39. The molecule has 0 saturated heterocycles. The molecule has 1 fully saturated rings. The van der Waals surface area contributed by atoms with Gasteiger partial charge in [0.2, 0.25) is 5.79 Å². The molecule has 3 aliphatic rings. The van der Waals surface area contributed by atoms with E-state index >= 15 is 0 Å². The monoisotopic (exact) mass is 765 g/mol. The molecule has 2 aliphatic carbocycles. The van der Waals surface area contributed by atoms with E-state index in [2.05, 4.69) is 85.6 Å². The predicted octanol–water partition coefficient (Wildman–Crippen LogP) is 10.4. The van der Waals surface area contributed by atoms with Gasteiger partial charge in [-0.2, -0.15) is 0 Å². The van der Waals surface area contributed by atoms with E-state index in [0.29, 0.717) is 13.0 Å². The number of hydrogen-bond donors (Lipinski definition) is 2. The number of allylic oxidation sites excluding steroid dienone is 1. The Morgan fingerprint density at radius 1 is 0.889 bits per heavy atom. The van der Waals surface area contributed by atoms with Crippen molar-refractivity contribution >= 4 is 40.0 Å². The molecule has 0 aromatic heterocycles. The number of aliphatic hydroxyl groups excluding tert-OH is 2. The molecule has 284 valence electrons. The lowest BCUT2D eigenvalue weighted by molar-refractivity contribution is -0.223. The van der Waals surface area contributed by atoms with Gasteiger partial charge in [0.1, 0.15) is 24.4 Å². The second kappa shape index (κ2) is 17.8. The largest absolute Gasteiger partial charge is 0.460 e. The molecule has 6 atom stereocenters. The van der Waals surface area contributed by atoms with Crippen LogP contribution < -0.4 is 9.47 Å². The predicted molar refractivity (Wildman–Crippen MR) is 220 cm³/mol. The molecule has 1 aliphatic heterocycles. The maximum Gasteiger partial charge on any atom is 0.231 e. The van der Waals surface area contributed by atoms with Gasteiger partial charge in [-0.1, -0.05) is 60.5 Å². The van der Waals surface area contributed by atoms with Crippen LogP contribution in [0.2, 0.25) is 0 Å². The summed E-state index contributed by atoms with van der Waals surface area (Å²) < 4.78 is 20.9. The summed E-state index contributed by atoms with van der Waals surface area (Å²) in [4.78, 5) is 7.90. The van der Waals surface area contributed by atoms with E-state index in [-0.39, 0.29) is 42.1 Å². The minimum absolute atomic E-state index is 0.0131. The Labute approximate surface area is 327 Å². The third kappa shape index (κ3) is 7.98. The van der Waals surface area contributed by atoms with E-state index in [1.165, 1.54) is 15.7 Å². The van der Waals surface area contributed by atoms with Crippen LogP contribution in [-0.2, 0) is 9.57 Å². The minimum atomic E-state index is -1.05. The first kappa shape index (κ1) is 38.5. The fourth-order valence-electron chi connectivity index (χ4n) is 8.78. The summed E-state index contributed by atoms with van der Waals surface area (Å²) in [7, 11) is 1.62. The highest BCUT2D eigenvalue weighted by Gasteiger charge is 2.64. The average molecular weight is 766 g/mol. The Morgan fingerprint density at radius 3 is 2.37 bits per heavy atom. The number of ether oxygens (including phenoxy) is 3. The number of oxime groups is 1. The SMILES string of the molecule is C=CCOC12Oc3ccc(Oc4ccc(SC)cc4)cc3C3C(CCCCO)C(CCCCO)C=C(C(=NOC)CC1Sc1ccc4ccccc4c1)C32. The highest BCUT2D eigenvalue weighted by Crippen LogP contribution is 2.63. The van der Waals surface area contributed by atoms with Crippen molar-refractivity contribution < 1.29 is 29.3 Å². The van der Waals surface area contributed by atoms with Crippen LogP contribution in [0.3, 0.4) is 0 Å². The summed E-state index contributed by atoms with van der Waals surface area (Å²) in [5.41, 5.74) is 3.12. The molecular formula is C45H51NO6S2. The number of rotatable bonds is 17. The molecule has 4 aromatic carbocycles. The molecule has 54 heavy (non-hydrogen) atoms. The zero-order chi connectivity index (χ0) is 37.5. The smallest absolute Gasteiger partial charge is 0.231 e. The average Bonchev–Trinajstić information content (AvgIpc) is 3.20. The van der Waals surface area contributed by atoms with E-state index in [1.807, 2.05) is 18.2 Å². The van der Waals surface area contributed by atoms with Crippen LogP contribution in [0.25, 0.3) is 10.8 Å². The molecule has 2 N–H and O–H groups in total. The zero-order valence-electron chi connectivity index (χ0n) is 31.2. The number of nitrogens with zero attached hydrogens (tertiary/aromatic N) is 1. The highest BCUT2D eigenvalue weighted by atomic mass is 32.2. The van der Waals surface area contributed by atoms with Crippen molar-refractivity contribution in [1.29, 1.82) is 0 Å². The zero-order valence-corrected chi connectivity index (χ0v) is 32.8. The van der Waals surface area contributed by atoms with Gasteiger partial charge in [0.15, 0.2) is 0 Å². The van der Waals surface area contributed by atoms with Crippen molar-refractivity contribution in [1.82, 2.24) is 0 Å². The Kier molecular flexibility index (Phi) is 12.7. The quantitative estimate of drug-likeness (QED) is 0.0475. The first-order valence-corrected chi connectivity index (χ1v) is 21.2. The molecule has 0 amide bonds. The van der Waals surface area contributed by atoms with Gasteiger partial charge < -0.3 is 29.3 Å². The third-order valence-corrected chi connectivity index (χ3v) is 13.2. The van der Waals surface area contributed by atoms with Gasteiger partial charge >= 0.3 is 0 Å². The van der Waals surface area contributed by atoms with Crippen LogP contribution in [0, 0.1) is 17.8 Å². The molecule has 0 bridgehead atoms. The third-order valence-electron chi connectivity index (χ3n) is 11.1. The van der Waals surface area contributed by atoms with Crippen LogP contribution in [0.4, 0.5) is 0 Å². The summed E-state index contributed by atoms with van der Waals surface area (Å²) in [6.07, 6.45) is 12.0. The van der Waals surface area contributed by atoms with Gasteiger partial charge in [-0.05, 0) is 115 Å². The summed E-state index contributed by atoms with van der Waals surface area (Å²) in [6.45, 7) is 4.70. The second-order valence-corrected chi connectivity index (χ2v) is 16.5. The van der Waals surface area contributed by atoms with Crippen LogP contribution in [0.1, 0.15) is 56.4 Å². The lowest BCUT2D eigenvalue weighted by Crippen LogP contribution is -2.64. The summed E-state index contributed by atoms with van der Waals surface area (Å²) in [5.74, 6) is 1.46. The van der Waals surface area contributed by atoms with Crippen molar-refractivity contribution in [2.75, 3.05) is 33.2 Å². The van der Waals surface area contributed by atoms with Gasteiger partial charge in [0.25, 0.3) is 0 Å². The molecule has 9 heteroatoms. The Bertz CT molecular complexity index is 1960. The van der Waals surface area contributed by atoms with Crippen molar-refractivity contribution in [3.8, 4) is 17.2 Å². The van der Waals surface area contributed by atoms with Gasteiger partial charge in [-0.3, -0.25) is 0 Å². The lowest BCUT2D eigenvalue weighted by Gasteiger charge is -2.58. The van der Waals surface area contributed by atoms with Crippen LogP contribution in [0.15, 0.2) is 124 Å². The van der Waals surface area contributed by atoms with Crippen molar-refractivity contribution in [2.45, 2.75) is 71.7 Å². The number of fused-ring (bicyclic) bond motifs is 3. The molecule has 4 aromatic rings. The van der Waals surface area contributed by atoms with Gasteiger partial charge in [-0.15, -0.1) is 30.1 Å². The van der Waals surface area contributed by atoms with Crippen LogP contribution in [0.5, 0.6) is 17.2 Å². The maximum absolute atomic E-state index is 9.90. The number of benzene rings is 4. The van der Waals surface area contributed by atoms with E-state index in [0.717, 1.165) is 77.5 Å². The van der Waals surface area contributed by atoms with Crippen molar-refractivity contribution in [2.24, 2.45) is 22.9 Å². The molecule has 6 unspecified atom stereocenters. The first-order valence-electron chi connectivity index (χ1n) is 19.1. The Hall–Kier alpha value is -3.73. The maximum atomic E-state index is 9.90. The minimum Gasteiger partial charge on any atom is -0.460 e. The van der Waals surface area contributed by atoms with Crippen LogP contribution >= 0.6 is 23.5 Å². The molecule has 7 nitrogen and oxygen atoms in total. The summed E-state index contributed by atoms with van der Waals surface area (Å²) in [6, 6.07) is 29.4. The molecule has 1 heterocycles.